The first-order valence-corrected chi connectivity index (χ1v) is 8.96. The fraction of sp³-hybridized carbons (Fsp3) is 0.0526. The molecule has 0 aliphatic carbocycles. The lowest BCUT2D eigenvalue weighted by Gasteiger charge is -2.16. The van der Waals surface area contributed by atoms with Gasteiger partial charge in [-0.25, -0.2) is 4.39 Å². The maximum Gasteiger partial charge on any atom is 0.263 e. The monoisotopic (exact) mass is 433 g/mol. The summed E-state index contributed by atoms with van der Waals surface area (Å²) in [4.78, 5) is 35.7. The summed E-state index contributed by atoms with van der Waals surface area (Å²) in [5, 5.41) is 7.34. The Labute approximate surface area is 174 Å². The average molecular weight is 434 g/mol. The second-order valence-corrected chi connectivity index (χ2v) is 6.64. The second kappa shape index (κ2) is 8.80. The molecule has 1 aliphatic heterocycles. The molecule has 2 aromatic rings. The Morgan fingerprint density at radius 1 is 1.14 bits per heavy atom. The van der Waals surface area contributed by atoms with E-state index in [2.05, 4.69) is 16.0 Å². The lowest BCUT2D eigenvalue weighted by atomic mass is 10.1. The Kier molecular flexibility index (Phi) is 6.20. The van der Waals surface area contributed by atoms with Crippen LogP contribution in [-0.4, -0.2) is 29.4 Å². The predicted octanol–water partition coefficient (Wildman–Crippen LogP) is 2.41. The Balaban J connectivity index is 1.63. The van der Waals surface area contributed by atoms with Crippen LogP contribution in [0.3, 0.4) is 0 Å². The molecule has 1 saturated heterocycles. The highest BCUT2D eigenvalue weighted by Gasteiger charge is 2.25. The van der Waals surface area contributed by atoms with Gasteiger partial charge in [0.1, 0.15) is 17.1 Å². The summed E-state index contributed by atoms with van der Waals surface area (Å²) >= 11 is 10.9. The number of thiocarbonyl (C=S) groups is 1. The number of halogens is 2. The molecule has 0 atom stereocenters. The van der Waals surface area contributed by atoms with Gasteiger partial charge in [-0.05, 0) is 60.3 Å². The van der Waals surface area contributed by atoms with Crippen LogP contribution in [0.5, 0.6) is 5.75 Å². The van der Waals surface area contributed by atoms with Gasteiger partial charge in [0.15, 0.2) is 11.7 Å². The summed E-state index contributed by atoms with van der Waals surface area (Å²) in [6.45, 7) is -0.320. The maximum absolute atomic E-state index is 12.9. The minimum atomic E-state index is -0.618. The van der Waals surface area contributed by atoms with Gasteiger partial charge in [0.2, 0.25) is 0 Å². The van der Waals surface area contributed by atoms with Gasteiger partial charge < -0.3 is 10.1 Å². The smallest absolute Gasteiger partial charge is 0.263 e. The number of hydrogen-bond acceptors (Lipinski definition) is 5. The third-order valence-electron chi connectivity index (χ3n) is 3.70. The molecule has 0 bridgehead atoms. The van der Waals surface area contributed by atoms with E-state index in [0.717, 1.165) is 0 Å². The summed E-state index contributed by atoms with van der Waals surface area (Å²) in [7, 11) is 0. The van der Waals surface area contributed by atoms with E-state index in [-0.39, 0.29) is 28.1 Å². The number of rotatable bonds is 5. The van der Waals surface area contributed by atoms with Crippen molar-refractivity contribution in [1.29, 1.82) is 0 Å². The van der Waals surface area contributed by atoms with Gasteiger partial charge in [0.25, 0.3) is 17.7 Å². The standard InChI is InChI=1S/C19H13ClFN3O4S/c20-14-8-10(7-13-17(26)23-19(29)24-18(13)27)1-6-15(14)28-9-16(25)22-12-4-2-11(21)3-5-12/h1-8H,9H2,(H,22,25)(H2,23,24,26,27,29). The molecule has 7 nitrogen and oxygen atoms in total. The van der Waals surface area contributed by atoms with Gasteiger partial charge in [-0.3, -0.25) is 25.0 Å². The maximum atomic E-state index is 12.9. The zero-order valence-electron chi connectivity index (χ0n) is 14.6. The number of amides is 3. The van der Waals surface area contributed by atoms with Gasteiger partial charge in [-0.15, -0.1) is 0 Å². The van der Waals surface area contributed by atoms with E-state index in [4.69, 9.17) is 28.6 Å². The molecular weight excluding hydrogens is 421 g/mol. The van der Waals surface area contributed by atoms with E-state index < -0.39 is 23.5 Å². The topological polar surface area (TPSA) is 96.5 Å². The zero-order chi connectivity index (χ0) is 21.0. The largest absolute Gasteiger partial charge is 0.482 e. The molecule has 10 heteroatoms. The normalized spacial score (nSPS) is 13.4. The van der Waals surface area contributed by atoms with Crippen molar-refractivity contribution >= 4 is 58.4 Å². The van der Waals surface area contributed by atoms with Crippen molar-refractivity contribution in [3.8, 4) is 5.75 Å². The van der Waals surface area contributed by atoms with E-state index in [1.54, 1.807) is 6.07 Å². The zero-order valence-corrected chi connectivity index (χ0v) is 16.2. The lowest BCUT2D eigenvalue weighted by molar-refractivity contribution is -0.123. The highest BCUT2D eigenvalue weighted by molar-refractivity contribution is 7.80. The fourth-order valence-corrected chi connectivity index (χ4v) is 2.80. The van der Waals surface area contributed by atoms with Crippen molar-refractivity contribution in [2.24, 2.45) is 0 Å². The second-order valence-electron chi connectivity index (χ2n) is 5.83. The molecular formula is C19H13ClFN3O4S. The summed E-state index contributed by atoms with van der Waals surface area (Å²) in [5.74, 6) is -1.86. The van der Waals surface area contributed by atoms with Crippen LogP contribution in [0.4, 0.5) is 10.1 Å². The van der Waals surface area contributed by atoms with Crippen molar-refractivity contribution < 1.29 is 23.5 Å². The fourth-order valence-electron chi connectivity index (χ4n) is 2.37. The van der Waals surface area contributed by atoms with Gasteiger partial charge in [-0.1, -0.05) is 17.7 Å². The molecule has 3 amide bonds. The highest BCUT2D eigenvalue weighted by atomic mass is 35.5. The minimum absolute atomic E-state index is 0.0576. The van der Waals surface area contributed by atoms with E-state index in [0.29, 0.717) is 11.3 Å². The first kappa shape index (κ1) is 20.4. The molecule has 2 aromatic carbocycles. The van der Waals surface area contributed by atoms with Gasteiger partial charge in [-0.2, -0.15) is 0 Å². The average Bonchev–Trinajstić information content (AvgIpc) is 2.66. The van der Waals surface area contributed by atoms with Gasteiger partial charge in [0.05, 0.1) is 5.02 Å². The van der Waals surface area contributed by atoms with Crippen molar-refractivity contribution in [2.75, 3.05) is 11.9 Å². The molecule has 148 valence electrons. The molecule has 1 fully saturated rings. The van der Waals surface area contributed by atoms with E-state index >= 15 is 0 Å². The number of anilines is 1. The van der Waals surface area contributed by atoms with Crippen LogP contribution < -0.4 is 20.7 Å². The Hall–Kier alpha value is -3.30. The van der Waals surface area contributed by atoms with Crippen LogP contribution in [0.1, 0.15) is 5.56 Å². The summed E-state index contributed by atoms with van der Waals surface area (Å²) in [5.41, 5.74) is 0.782. The van der Waals surface area contributed by atoms with Crippen molar-refractivity contribution in [3.63, 3.8) is 0 Å². The van der Waals surface area contributed by atoms with Crippen LogP contribution in [0.2, 0.25) is 5.02 Å². The molecule has 1 heterocycles. The van der Waals surface area contributed by atoms with E-state index in [1.807, 2.05) is 0 Å². The van der Waals surface area contributed by atoms with Crippen molar-refractivity contribution in [3.05, 3.63) is 64.4 Å². The molecule has 0 unspecified atom stereocenters. The van der Waals surface area contributed by atoms with Crippen molar-refractivity contribution in [2.45, 2.75) is 0 Å². The number of carbonyl (C=O) groups is 3. The summed E-state index contributed by atoms with van der Waals surface area (Å²) in [6, 6.07) is 9.85. The van der Waals surface area contributed by atoms with E-state index in [1.165, 1.54) is 42.5 Å². The number of hydrogen-bond donors (Lipinski definition) is 3. The summed E-state index contributed by atoms with van der Waals surface area (Å²) in [6.07, 6.45) is 1.35. The summed E-state index contributed by atoms with van der Waals surface area (Å²) < 4.78 is 18.3. The van der Waals surface area contributed by atoms with Crippen LogP contribution in [0.15, 0.2) is 48.0 Å². The van der Waals surface area contributed by atoms with Crippen LogP contribution >= 0.6 is 23.8 Å². The minimum Gasteiger partial charge on any atom is -0.482 e. The Morgan fingerprint density at radius 3 is 2.41 bits per heavy atom. The molecule has 3 N–H and O–H groups in total. The first-order valence-electron chi connectivity index (χ1n) is 8.18. The molecule has 29 heavy (non-hydrogen) atoms. The number of nitrogens with one attached hydrogen (secondary N) is 3. The molecule has 0 spiro atoms. The third-order valence-corrected chi connectivity index (χ3v) is 4.20. The number of benzene rings is 2. The molecule has 0 saturated carbocycles. The first-order chi connectivity index (χ1) is 13.8. The lowest BCUT2D eigenvalue weighted by Crippen LogP contribution is -2.51. The Bertz CT molecular complexity index is 1020. The molecule has 3 rings (SSSR count). The highest BCUT2D eigenvalue weighted by Crippen LogP contribution is 2.26. The molecule has 0 aromatic heterocycles. The van der Waals surface area contributed by atoms with Crippen molar-refractivity contribution in [1.82, 2.24) is 10.6 Å². The Morgan fingerprint density at radius 2 is 1.79 bits per heavy atom. The van der Waals surface area contributed by atoms with Crippen LogP contribution in [0.25, 0.3) is 6.08 Å². The SMILES string of the molecule is O=C(COc1ccc(C=C2C(=O)NC(=S)NC2=O)cc1Cl)Nc1ccc(F)cc1. The quantitative estimate of drug-likeness (QED) is 0.382. The number of carbonyl (C=O) groups excluding carboxylic acids is 3. The number of ether oxygens (including phenoxy) is 1. The van der Waals surface area contributed by atoms with Gasteiger partial charge >= 0.3 is 0 Å². The van der Waals surface area contributed by atoms with Gasteiger partial charge in [0, 0.05) is 5.69 Å². The third kappa shape index (κ3) is 5.37. The molecule has 1 aliphatic rings. The van der Waals surface area contributed by atoms with Crippen LogP contribution in [0, 0.1) is 5.82 Å². The van der Waals surface area contributed by atoms with E-state index in [9.17, 15) is 18.8 Å². The van der Waals surface area contributed by atoms with Crippen LogP contribution in [-0.2, 0) is 14.4 Å². The molecule has 0 radical (unpaired) electrons. The predicted molar refractivity (Wildman–Crippen MR) is 109 cm³/mol.